The number of likely N-dealkylation sites (tertiary alicyclic amines) is 1. The molecule has 0 unspecified atom stereocenters. The molecular formula is C15H21N5O. The zero-order valence-corrected chi connectivity index (χ0v) is 12.1. The van der Waals surface area contributed by atoms with Crippen LogP contribution < -0.4 is 0 Å². The first-order chi connectivity index (χ1) is 10.2. The number of β-amino-alcohol motifs (C(OH)–C–C–N with tert-alkyl or cyclic N) is 1. The molecule has 0 atom stereocenters. The Balaban J connectivity index is 1.41. The third kappa shape index (κ3) is 2.42. The first-order valence-electron chi connectivity index (χ1n) is 7.83. The predicted molar refractivity (Wildman–Crippen MR) is 78.9 cm³/mol. The van der Waals surface area contributed by atoms with Gasteiger partial charge in [-0.15, -0.1) is 0 Å². The van der Waals surface area contributed by atoms with Crippen LogP contribution in [0.25, 0.3) is 11.2 Å². The fourth-order valence-corrected chi connectivity index (χ4v) is 3.72. The molecule has 2 aromatic heterocycles. The number of H-pyrrole nitrogens is 1. The van der Waals surface area contributed by atoms with Crippen molar-refractivity contribution in [1.82, 2.24) is 25.1 Å². The molecule has 4 rings (SSSR count). The topological polar surface area (TPSA) is 77.9 Å². The Hall–Kier alpha value is -1.53. The van der Waals surface area contributed by atoms with Crippen molar-refractivity contribution in [3.05, 3.63) is 18.1 Å². The summed E-state index contributed by atoms with van der Waals surface area (Å²) in [5, 5.41) is 17.9. The van der Waals surface area contributed by atoms with Crippen LogP contribution in [0.3, 0.4) is 0 Å². The van der Waals surface area contributed by atoms with Crippen LogP contribution in [-0.2, 0) is 0 Å². The maximum absolute atomic E-state index is 10.6. The van der Waals surface area contributed by atoms with Gasteiger partial charge < -0.3 is 5.11 Å². The number of hydrogen-bond acceptors (Lipinski definition) is 5. The highest BCUT2D eigenvalue weighted by molar-refractivity contribution is 5.73. The van der Waals surface area contributed by atoms with Gasteiger partial charge in [0.05, 0.1) is 11.3 Å². The zero-order valence-electron chi connectivity index (χ0n) is 12.1. The fraction of sp³-hybridized carbons (Fsp3) is 0.667. The number of aromatic amines is 1. The molecule has 1 saturated carbocycles. The third-order valence-electron chi connectivity index (χ3n) is 4.88. The van der Waals surface area contributed by atoms with E-state index < -0.39 is 5.60 Å². The molecule has 2 aliphatic rings. The van der Waals surface area contributed by atoms with Crippen LogP contribution in [0, 0.1) is 0 Å². The van der Waals surface area contributed by atoms with E-state index in [1.54, 1.807) is 12.4 Å². The summed E-state index contributed by atoms with van der Waals surface area (Å²) in [4.78, 5) is 10.9. The lowest BCUT2D eigenvalue weighted by molar-refractivity contribution is -0.0443. The standard InChI is InChI=1S/C15H21N5O/c21-15(4-2-1-3-5-15)10-20-8-11(9-20)12-13-14(19-18-12)17-7-6-16-13/h6-7,11,21H,1-5,8-10H2,(H,17,18,19). The monoisotopic (exact) mass is 287 g/mol. The predicted octanol–water partition coefficient (Wildman–Crippen LogP) is 1.45. The van der Waals surface area contributed by atoms with E-state index in [1.807, 2.05) is 0 Å². The third-order valence-corrected chi connectivity index (χ3v) is 4.88. The Labute approximate surface area is 123 Å². The van der Waals surface area contributed by atoms with Crippen molar-refractivity contribution in [3.63, 3.8) is 0 Å². The summed E-state index contributed by atoms with van der Waals surface area (Å²) >= 11 is 0. The van der Waals surface area contributed by atoms with Crippen LogP contribution in [0.4, 0.5) is 0 Å². The Morgan fingerprint density at radius 3 is 2.76 bits per heavy atom. The highest BCUT2D eigenvalue weighted by atomic mass is 16.3. The molecule has 2 N–H and O–H groups in total. The van der Waals surface area contributed by atoms with Crippen LogP contribution in [0.5, 0.6) is 0 Å². The SMILES string of the molecule is OC1(CN2CC(c3[nH]nc4nccnc34)C2)CCCCC1. The lowest BCUT2D eigenvalue weighted by Crippen LogP contribution is -2.53. The van der Waals surface area contributed by atoms with Gasteiger partial charge in [0.25, 0.3) is 0 Å². The molecule has 6 heteroatoms. The normalized spacial score (nSPS) is 23.3. The van der Waals surface area contributed by atoms with E-state index >= 15 is 0 Å². The van der Waals surface area contributed by atoms with E-state index in [4.69, 9.17) is 0 Å². The number of aromatic nitrogens is 4. The van der Waals surface area contributed by atoms with Crippen molar-refractivity contribution < 1.29 is 5.11 Å². The van der Waals surface area contributed by atoms with Crippen molar-refractivity contribution in [2.45, 2.75) is 43.6 Å². The minimum Gasteiger partial charge on any atom is -0.389 e. The van der Waals surface area contributed by atoms with Crippen molar-refractivity contribution >= 4 is 11.2 Å². The molecule has 2 aromatic rings. The quantitative estimate of drug-likeness (QED) is 0.893. The first kappa shape index (κ1) is 13.2. The number of nitrogens with zero attached hydrogens (tertiary/aromatic N) is 4. The van der Waals surface area contributed by atoms with Crippen LogP contribution >= 0.6 is 0 Å². The number of aliphatic hydroxyl groups is 1. The maximum atomic E-state index is 10.6. The molecule has 112 valence electrons. The van der Waals surface area contributed by atoms with E-state index in [1.165, 1.54) is 6.42 Å². The molecule has 21 heavy (non-hydrogen) atoms. The van der Waals surface area contributed by atoms with E-state index in [0.717, 1.165) is 56.5 Å². The van der Waals surface area contributed by atoms with Crippen molar-refractivity contribution in [1.29, 1.82) is 0 Å². The van der Waals surface area contributed by atoms with E-state index in [0.29, 0.717) is 11.6 Å². The number of rotatable bonds is 3. The number of nitrogens with one attached hydrogen (secondary N) is 1. The molecule has 1 saturated heterocycles. The van der Waals surface area contributed by atoms with E-state index in [2.05, 4.69) is 25.1 Å². The second-order valence-electron chi connectivity index (χ2n) is 6.54. The van der Waals surface area contributed by atoms with Crippen molar-refractivity contribution in [2.75, 3.05) is 19.6 Å². The van der Waals surface area contributed by atoms with Gasteiger partial charge in [0.2, 0.25) is 0 Å². The average Bonchev–Trinajstić information content (AvgIpc) is 2.87. The minimum absolute atomic E-state index is 0.430. The van der Waals surface area contributed by atoms with Crippen LogP contribution in [0.1, 0.15) is 43.7 Å². The summed E-state index contributed by atoms with van der Waals surface area (Å²) in [6.07, 6.45) is 8.87. The van der Waals surface area contributed by atoms with Gasteiger partial charge in [-0.2, -0.15) is 5.10 Å². The maximum Gasteiger partial charge on any atom is 0.199 e. The summed E-state index contributed by atoms with van der Waals surface area (Å²) in [6.45, 7) is 2.74. The average molecular weight is 287 g/mol. The van der Waals surface area contributed by atoms with Gasteiger partial charge >= 0.3 is 0 Å². The largest absolute Gasteiger partial charge is 0.389 e. The second kappa shape index (κ2) is 5.03. The van der Waals surface area contributed by atoms with Gasteiger partial charge in [0, 0.05) is 37.9 Å². The Morgan fingerprint density at radius 2 is 1.95 bits per heavy atom. The summed E-state index contributed by atoms with van der Waals surface area (Å²) in [7, 11) is 0. The molecule has 0 spiro atoms. The van der Waals surface area contributed by atoms with E-state index in [-0.39, 0.29) is 0 Å². The smallest absolute Gasteiger partial charge is 0.199 e. The molecule has 1 aliphatic carbocycles. The van der Waals surface area contributed by atoms with Crippen LogP contribution in [-0.4, -0.2) is 55.4 Å². The van der Waals surface area contributed by atoms with Gasteiger partial charge in [-0.25, -0.2) is 9.97 Å². The second-order valence-corrected chi connectivity index (χ2v) is 6.54. The summed E-state index contributed by atoms with van der Waals surface area (Å²) < 4.78 is 0. The van der Waals surface area contributed by atoms with Crippen molar-refractivity contribution in [2.24, 2.45) is 0 Å². The fourth-order valence-electron chi connectivity index (χ4n) is 3.72. The summed E-state index contributed by atoms with van der Waals surface area (Å²) in [6, 6.07) is 0. The Bertz CT molecular complexity index is 628. The van der Waals surface area contributed by atoms with Gasteiger partial charge in [-0.1, -0.05) is 19.3 Å². The van der Waals surface area contributed by atoms with Gasteiger partial charge in [-0.3, -0.25) is 10.00 Å². The van der Waals surface area contributed by atoms with Crippen molar-refractivity contribution in [3.8, 4) is 0 Å². The van der Waals surface area contributed by atoms with E-state index in [9.17, 15) is 5.11 Å². The molecule has 1 aliphatic heterocycles. The highest BCUT2D eigenvalue weighted by Crippen LogP contribution is 2.34. The Morgan fingerprint density at radius 1 is 1.19 bits per heavy atom. The molecular weight excluding hydrogens is 266 g/mol. The molecule has 0 radical (unpaired) electrons. The van der Waals surface area contributed by atoms with Gasteiger partial charge in [-0.05, 0) is 12.8 Å². The van der Waals surface area contributed by atoms with Gasteiger partial charge in [0.1, 0.15) is 5.52 Å². The van der Waals surface area contributed by atoms with Crippen LogP contribution in [0.2, 0.25) is 0 Å². The zero-order chi connectivity index (χ0) is 14.3. The number of fused-ring (bicyclic) bond motifs is 1. The Kier molecular flexibility index (Phi) is 3.15. The van der Waals surface area contributed by atoms with Gasteiger partial charge in [0.15, 0.2) is 5.65 Å². The lowest BCUT2D eigenvalue weighted by Gasteiger charge is -2.44. The molecule has 3 heterocycles. The number of hydrogen-bond donors (Lipinski definition) is 2. The molecule has 0 bridgehead atoms. The molecule has 0 aromatic carbocycles. The minimum atomic E-state index is -0.459. The van der Waals surface area contributed by atoms with Crippen LogP contribution in [0.15, 0.2) is 12.4 Å². The lowest BCUT2D eigenvalue weighted by atomic mass is 9.83. The molecule has 6 nitrogen and oxygen atoms in total. The molecule has 0 amide bonds. The molecule has 2 fully saturated rings. The summed E-state index contributed by atoms with van der Waals surface area (Å²) in [5.41, 5.74) is 2.21. The highest BCUT2D eigenvalue weighted by Gasteiger charge is 2.38. The summed E-state index contributed by atoms with van der Waals surface area (Å²) in [5.74, 6) is 0.430. The first-order valence-corrected chi connectivity index (χ1v) is 7.83.